The van der Waals surface area contributed by atoms with Gasteiger partial charge in [-0.15, -0.1) is 0 Å². The Labute approximate surface area is 112 Å². The van der Waals surface area contributed by atoms with Crippen molar-refractivity contribution in [2.75, 3.05) is 0 Å². The van der Waals surface area contributed by atoms with Crippen molar-refractivity contribution < 1.29 is 0 Å². The summed E-state index contributed by atoms with van der Waals surface area (Å²) < 4.78 is 1.56. The number of pyridine rings is 1. The molecule has 0 N–H and O–H groups in total. The first-order chi connectivity index (χ1) is 9.06. The molecule has 2 rings (SSSR count). The van der Waals surface area contributed by atoms with E-state index in [9.17, 15) is 4.79 Å². The topological polar surface area (TPSA) is 45.8 Å². The highest BCUT2D eigenvalue weighted by atomic mass is 16.1. The molecule has 0 saturated carbocycles. The number of nitrogens with zero attached hydrogens (tertiary/aromatic N) is 2. The average Bonchev–Trinajstić information content (AvgIpc) is 2.43. The van der Waals surface area contributed by atoms with Crippen LogP contribution in [-0.2, 0) is 13.5 Å². The molecule has 19 heavy (non-hydrogen) atoms. The molecule has 1 aromatic carbocycles. The molecule has 0 aliphatic rings. The summed E-state index contributed by atoms with van der Waals surface area (Å²) in [6.45, 7) is 3.78. The van der Waals surface area contributed by atoms with E-state index >= 15 is 0 Å². The van der Waals surface area contributed by atoms with Gasteiger partial charge in [-0.25, -0.2) is 0 Å². The molecule has 0 unspecified atom stereocenters. The highest BCUT2D eigenvalue weighted by molar-refractivity contribution is 5.44. The first kappa shape index (κ1) is 13.1. The molecule has 0 saturated heterocycles. The lowest BCUT2D eigenvalue weighted by atomic mass is 9.96. The monoisotopic (exact) mass is 252 g/mol. The lowest BCUT2D eigenvalue weighted by Crippen LogP contribution is -2.25. The molecule has 0 aliphatic heterocycles. The van der Waals surface area contributed by atoms with Gasteiger partial charge in [0, 0.05) is 12.7 Å². The Morgan fingerprint density at radius 1 is 1.21 bits per heavy atom. The SMILES string of the molecule is Cc1c(Cc2ccccc2)c(C)n(C)c(=O)c1C#N. The second kappa shape index (κ2) is 5.11. The van der Waals surface area contributed by atoms with Gasteiger partial charge in [-0.2, -0.15) is 5.26 Å². The van der Waals surface area contributed by atoms with Crippen LogP contribution in [0.5, 0.6) is 0 Å². The summed E-state index contributed by atoms with van der Waals surface area (Å²) in [6.07, 6.45) is 0.737. The largest absolute Gasteiger partial charge is 0.315 e. The number of aromatic nitrogens is 1. The van der Waals surface area contributed by atoms with Crippen LogP contribution in [0, 0.1) is 25.2 Å². The van der Waals surface area contributed by atoms with Crippen LogP contribution < -0.4 is 5.56 Å². The molecule has 0 atom stereocenters. The minimum Gasteiger partial charge on any atom is -0.315 e. The third-order valence-corrected chi connectivity index (χ3v) is 3.62. The normalized spacial score (nSPS) is 10.2. The average molecular weight is 252 g/mol. The third-order valence-electron chi connectivity index (χ3n) is 3.62. The van der Waals surface area contributed by atoms with Crippen LogP contribution in [0.2, 0.25) is 0 Å². The Hall–Kier alpha value is -2.34. The van der Waals surface area contributed by atoms with Gasteiger partial charge in [0.2, 0.25) is 0 Å². The summed E-state index contributed by atoms with van der Waals surface area (Å²) >= 11 is 0. The van der Waals surface area contributed by atoms with Gasteiger partial charge in [0.1, 0.15) is 11.6 Å². The molecule has 1 heterocycles. The molecular weight excluding hydrogens is 236 g/mol. The van der Waals surface area contributed by atoms with Gasteiger partial charge in [0.25, 0.3) is 5.56 Å². The van der Waals surface area contributed by atoms with E-state index in [-0.39, 0.29) is 11.1 Å². The minimum absolute atomic E-state index is 0.214. The Kier molecular flexibility index (Phi) is 3.52. The second-order valence-corrected chi connectivity index (χ2v) is 4.70. The van der Waals surface area contributed by atoms with Gasteiger partial charge in [-0.3, -0.25) is 4.79 Å². The zero-order valence-corrected chi connectivity index (χ0v) is 11.4. The van der Waals surface area contributed by atoms with Crippen LogP contribution in [0.25, 0.3) is 0 Å². The van der Waals surface area contributed by atoms with E-state index in [1.54, 1.807) is 11.6 Å². The summed E-state index contributed by atoms with van der Waals surface area (Å²) in [6, 6.07) is 12.1. The maximum absolute atomic E-state index is 12.0. The van der Waals surface area contributed by atoms with Gasteiger partial charge < -0.3 is 4.57 Å². The highest BCUT2D eigenvalue weighted by Crippen LogP contribution is 2.18. The minimum atomic E-state index is -0.214. The number of hydrogen-bond donors (Lipinski definition) is 0. The summed E-state index contributed by atoms with van der Waals surface area (Å²) in [5, 5.41) is 9.14. The van der Waals surface area contributed by atoms with E-state index < -0.39 is 0 Å². The molecule has 3 nitrogen and oxygen atoms in total. The van der Waals surface area contributed by atoms with Crippen LogP contribution in [-0.4, -0.2) is 4.57 Å². The quantitative estimate of drug-likeness (QED) is 0.824. The second-order valence-electron chi connectivity index (χ2n) is 4.70. The molecule has 1 aromatic heterocycles. The van der Waals surface area contributed by atoms with Gasteiger partial charge in [-0.05, 0) is 37.0 Å². The summed E-state index contributed by atoms with van der Waals surface area (Å²) in [4.78, 5) is 12.0. The first-order valence-corrected chi connectivity index (χ1v) is 6.19. The first-order valence-electron chi connectivity index (χ1n) is 6.19. The third kappa shape index (κ3) is 2.30. The van der Waals surface area contributed by atoms with E-state index in [1.165, 1.54) is 5.56 Å². The van der Waals surface area contributed by atoms with Crippen LogP contribution in [0.15, 0.2) is 35.1 Å². The van der Waals surface area contributed by atoms with Crippen LogP contribution in [0.1, 0.15) is 27.9 Å². The van der Waals surface area contributed by atoms with Gasteiger partial charge >= 0.3 is 0 Å². The van der Waals surface area contributed by atoms with Crippen molar-refractivity contribution in [1.82, 2.24) is 4.57 Å². The molecule has 0 radical (unpaired) electrons. The van der Waals surface area contributed by atoms with Crippen LogP contribution in [0.4, 0.5) is 0 Å². The maximum atomic E-state index is 12.0. The van der Waals surface area contributed by atoms with Crippen LogP contribution >= 0.6 is 0 Å². The molecule has 0 bridgehead atoms. The fraction of sp³-hybridized carbons (Fsp3) is 0.250. The molecule has 0 spiro atoms. The molecule has 2 aromatic rings. The van der Waals surface area contributed by atoms with E-state index in [0.29, 0.717) is 0 Å². The molecule has 3 heteroatoms. The number of rotatable bonds is 2. The summed E-state index contributed by atoms with van der Waals surface area (Å²) in [7, 11) is 1.71. The van der Waals surface area contributed by atoms with E-state index in [1.807, 2.05) is 38.1 Å². The van der Waals surface area contributed by atoms with Crippen LogP contribution in [0.3, 0.4) is 0 Å². The molecule has 96 valence electrons. The smallest absolute Gasteiger partial charge is 0.268 e. The zero-order chi connectivity index (χ0) is 14.0. The predicted molar refractivity (Wildman–Crippen MR) is 75.1 cm³/mol. The lowest BCUT2D eigenvalue weighted by molar-refractivity contribution is 0.791. The fourth-order valence-corrected chi connectivity index (χ4v) is 2.30. The van der Waals surface area contributed by atoms with Gasteiger partial charge in [-0.1, -0.05) is 30.3 Å². The Morgan fingerprint density at radius 2 is 1.84 bits per heavy atom. The zero-order valence-electron chi connectivity index (χ0n) is 11.4. The number of hydrogen-bond acceptors (Lipinski definition) is 2. The van der Waals surface area contributed by atoms with Crippen molar-refractivity contribution in [2.45, 2.75) is 20.3 Å². The Morgan fingerprint density at radius 3 is 2.42 bits per heavy atom. The van der Waals surface area contributed by atoms with Crippen molar-refractivity contribution >= 4 is 0 Å². The number of nitriles is 1. The highest BCUT2D eigenvalue weighted by Gasteiger charge is 2.14. The Bertz CT molecular complexity index is 706. The lowest BCUT2D eigenvalue weighted by Gasteiger charge is -2.15. The standard InChI is InChI=1S/C16H16N2O/c1-11-14(9-13-7-5-4-6-8-13)12(2)18(3)16(19)15(11)10-17/h4-8H,9H2,1-3H3. The van der Waals surface area contributed by atoms with Crippen molar-refractivity contribution in [3.05, 3.63) is 68.6 Å². The maximum Gasteiger partial charge on any atom is 0.268 e. The predicted octanol–water partition coefficient (Wildman–Crippen LogP) is 2.46. The molecule has 0 fully saturated rings. The number of benzene rings is 1. The van der Waals surface area contributed by atoms with Crippen molar-refractivity contribution in [1.29, 1.82) is 5.26 Å². The van der Waals surface area contributed by atoms with Crippen molar-refractivity contribution in [3.8, 4) is 6.07 Å². The van der Waals surface area contributed by atoms with Crippen molar-refractivity contribution in [3.63, 3.8) is 0 Å². The fourth-order valence-electron chi connectivity index (χ4n) is 2.30. The molecule has 0 amide bonds. The van der Waals surface area contributed by atoms with Gasteiger partial charge in [0.15, 0.2) is 0 Å². The summed E-state index contributed by atoms with van der Waals surface area (Å²) in [5.74, 6) is 0. The van der Waals surface area contributed by atoms with Crippen molar-refractivity contribution in [2.24, 2.45) is 7.05 Å². The van der Waals surface area contributed by atoms with E-state index in [4.69, 9.17) is 5.26 Å². The molecule has 0 aliphatic carbocycles. The van der Waals surface area contributed by atoms with E-state index in [2.05, 4.69) is 12.1 Å². The van der Waals surface area contributed by atoms with E-state index in [0.717, 1.165) is 23.2 Å². The summed E-state index contributed by atoms with van der Waals surface area (Å²) in [5.41, 5.74) is 3.99. The molecular formula is C16H16N2O. The van der Waals surface area contributed by atoms with Gasteiger partial charge in [0.05, 0.1) is 0 Å². The Balaban J connectivity index is 2.62.